The Morgan fingerprint density at radius 1 is 0.286 bits per heavy atom. The van der Waals surface area contributed by atoms with Crippen LogP contribution in [0, 0.1) is 0 Å². The monoisotopic (exact) mass is 964 g/mol. The molecule has 0 aromatic carbocycles. The van der Waals surface area contributed by atoms with Gasteiger partial charge in [-0.05, 0) is 25.7 Å². The number of quaternary nitrogens is 1. The molecule has 0 saturated heterocycles. The van der Waals surface area contributed by atoms with Crippen LogP contribution in [0.2, 0.25) is 0 Å². The predicted octanol–water partition coefficient (Wildman–Crippen LogP) is 3.27. The second-order valence-electron chi connectivity index (χ2n) is 13.3. The van der Waals surface area contributed by atoms with Gasteiger partial charge in [0.05, 0.1) is 27.2 Å². The molecule has 2 N–H and O–H groups in total. The molecule has 2 radical (unpaired) electrons. The molecule has 0 fully saturated rings. The van der Waals surface area contributed by atoms with Crippen molar-refractivity contribution in [3.63, 3.8) is 0 Å². The van der Waals surface area contributed by atoms with E-state index in [1.807, 2.05) is 0 Å². The van der Waals surface area contributed by atoms with Crippen LogP contribution in [0.4, 0.5) is 0 Å². The molecule has 0 aliphatic rings. The quantitative estimate of drug-likeness (QED) is 0.0533. The average molecular weight is 965 g/mol. The van der Waals surface area contributed by atoms with Crippen molar-refractivity contribution in [2.45, 2.75) is 206 Å². The number of nitrogens with zero attached hydrogens (tertiary/aromatic N) is 1. The van der Waals surface area contributed by atoms with Crippen molar-refractivity contribution in [1.29, 1.82) is 0 Å². The van der Waals surface area contributed by atoms with E-state index in [1.165, 1.54) is 210 Å². The van der Waals surface area contributed by atoms with Gasteiger partial charge in [-0.1, -0.05) is 181 Å². The molecule has 0 amide bonds. The van der Waals surface area contributed by atoms with Gasteiger partial charge in [0.2, 0.25) is 0 Å². The van der Waals surface area contributed by atoms with Crippen molar-refractivity contribution in [3.05, 3.63) is 0 Å². The van der Waals surface area contributed by atoms with E-state index in [2.05, 4.69) is 27.9 Å². The third kappa shape index (κ3) is 118. The van der Waals surface area contributed by atoms with Crippen LogP contribution in [0.1, 0.15) is 206 Å². The van der Waals surface area contributed by atoms with Crippen LogP contribution in [0.5, 0.6) is 0 Å². The number of rotatable bonds is 32. The predicted molar refractivity (Wildman–Crippen MR) is 205 cm³/mol. The summed E-state index contributed by atoms with van der Waals surface area (Å²) in [5.74, 6) is 0. The van der Waals surface area contributed by atoms with E-state index in [4.69, 9.17) is 0 Å². The maximum absolute atomic E-state index is 2.47. The van der Waals surface area contributed by atoms with Gasteiger partial charge in [-0.25, -0.2) is 0 Å². The molecular formula is C36H78Al2Fe2MgNNa2O11Si+. The average Bonchev–Trinajstić information content (AvgIpc) is 2.88. The standard InChI is InChI=1S/C36H76N.2Al.2Fe.Mg.2Na.H2O.10O.Si/c1-5-7-9-11-13-15-17-19-21-22-24-26-28-30-32-34-36-37(3,4)35-33-31-29-27-25-23-20-18-16-14-12-10-8-6-2;;;;;;;;;;;;;;;;;;;/h5-36H2,1-4H3;;;;;;;;1H2;;;;;;;;;;;/q+1;4*+3;+2;2*+1;;10*-2;+4. The topological polar surface area (TPSA) is 316 Å². The summed E-state index contributed by atoms with van der Waals surface area (Å²) in [7, 11) is 4.93. The fourth-order valence-corrected chi connectivity index (χ4v) is 5.93. The molecule has 0 rings (SSSR count). The van der Waals surface area contributed by atoms with Crippen molar-refractivity contribution in [2.24, 2.45) is 0 Å². The van der Waals surface area contributed by atoms with E-state index in [0.717, 1.165) is 0 Å². The number of unbranched alkanes of at least 4 members (excludes halogenated alkanes) is 28. The zero-order valence-corrected chi connectivity index (χ0v) is 47.7. The Bertz CT molecular complexity index is 490. The normalized spacial score (nSPS) is 7.93. The third-order valence-electron chi connectivity index (χ3n) is 8.73. The van der Waals surface area contributed by atoms with Crippen LogP contribution in [0.25, 0.3) is 0 Å². The molecular weight excluding hydrogens is 886 g/mol. The van der Waals surface area contributed by atoms with E-state index in [-0.39, 0.29) is 222 Å². The molecule has 322 valence electrons. The van der Waals surface area contributed by atoms with Gasteiger partial charge >= 0.3 is 162 Å². The summed E-state index contributed by atoms with van der Waals surface area (Å²) in [4.78, 5) is 0. The van der Waals surface area contributed by atoms with Crippen molar-refractivity contribution < 1.29 is 158 Å². The summed E-state index contributed by atoms with van der Waals surface area (Å²) >= 11 is 0. The summed E-state index contributed by atoms with van der Waals surface area (Å²) in [6, 6.07) is 0. The molecule has 0 spiro atoms. The Kier molecular flexibility index (Phi) is 263. The van der Waals surface area contributed by atoms with E-state index >= 15 is 0 Å². The largest absolute Gasteiger partial charge is 4.00 e. The maximum atomic E-state index is 2.47. The van der Waals surface area contributed by atoms with Gasteiger partial charge in [0.1, 0.15) is 0 Å². The first-order valence-electron chi connectivity index (χ1n) is 17.9. The first-order valence-corrected chi connectivity index (χ1v) is 17.9. The number of hydrogen-bond acceptors (Lipinski definition) is 0. The van der Waals surface area contributed by atoms with Gasteiger partial charge < -0.3 is 64.7 Å². The van der Waals surface area contributed by atoms with E-state index < -0.39 is 0 Å². The molecule has 0 bridgehead atoms. The minimum Gasteiger partial charge on any atom is -2.00 e. The fourth-order valence-electron chi connectivity index (χ4n) is 5.93. The van der Waals surface area contributed by atoms with E-state index in [1.54, 1.807) is 0 Å². The Balaban J connectivity index is -0.0000000379. The van der Waals surface area contributed by atoms with Gasteiger partial charge in [0.25, 0.3) is 0 Å². The molecule has 0 aromatic rings. The smallest absolute Gasteiger partial charge is 2.00 e. The Morgan fingerprint density at radius 2 is 0.393 bits per heavy atom. The minimum atomic E-state index is 0. The molecule has 0 saturated carbocycles. The first-order chi connectivity index (χ1) is 18.1. The molecule has 0 aliphatic heterocycles. The Hall–Kier alpha value is 4.61. The Morgan fingerprint density at radius 3 is 0.518 bits per heavy atom. The fraction of sp³-hybridized carbons (Fsp3) is 1.00. The van der Waals surface area contributed by atoms with E-state index in [0.29, 0.717) is 0 Å². The summed E-state index contributed by atoms with van der Waals surface area (Å²) in [6.45, 7) is 7.39. The SMILES string of the molecule is CCCCCCCCCCCCCCCCCC[N+](C)(C)CCCCCCCCCCCCCCCC.O.[Al+3].[Al+3].[Fe+3].[Fe+3].[Mg+2].[Na+].[Na+].[O-2].[O-2].[O-2].[O-2].[O-2].[O-2].[O-2].[O-2].[O-2].[O-2].[Si+4]. The second kappa shape index (κ2) is 113. The van der Waals surface area contributed by atoms with Crippen LogP contribution in [0.3, 0.4) is 0 Å². The van der Waals surface area contributed by atoms with Crippen LogP contribution < -0.4 is 59.1 Å². The zero-order chi connectivity index (χ0) is 27.1. The minimum absolute atomic E-state index is 0. The van der Waals surface area contributed by atoms with Gasteiger partial charge in [-0.2, -0.15) is 0 Å². The third-order valence-corrected chi connectivity index (χ3v) is 8.73. The van der Waals surface area contributed by atoms with Gasteiger partial charge in [-0.3, -0.25) is 0 Å². The molecule has 20 heteroatoms. The van der Waals surface area contributed by atoms with Crippen LogP contribution in [-0.4, -0.2) is 106 Å². The number of hydrogen-bond donors (Lipinski definition) is 0. The Labute approximate surface area is 455 Å². The van der Waals surface area contributed by atoms with Crippen LogP contribution in [-0.2, 0) is 88.9 Å². The van der Waals surface area contributed by atoms with Crippen molar-refractivity contribution in [3.8, 4) is 0 Å². The summed E-state index contributed by atoms with van der Waals surface area (Å²) in [6.07, 6.45) is 43.9. The first kappa shape index (κ1) is 131. The molecule has 0 atom stereocenters. The van der Waals surface area contributed by atoms with Crippen molar-refractivity contribution in [1.82, 2.24) is 0 Å². The molecule has 0 aliphatic carbocycles. The molecule has 0 unspecified atom stereocenters. The molecule has 0 heterocycles. The van der Waals surface area contributed by atoms with Gasteiger partial charge in [-0.15, -0.1) is 0 Å². The van der Waals surface area contributed by atoms with E-state index in [9.17, 15) is 0 Å². The molecule has 12 nitrogen and oxygen atoms in total. The molecule has 0 aromatic heterocycles. The summed E-state index contributed by atoms with van der Waals surface area (Å²) in [5.41, 5.74) is 0. The zero-order valence-electron chi connectivity index (χ0n) is 36.7. The van der Waals surface area contributed by atoms with Gasteiger partial charge in [0, 0.05) is 0 Å². The summed E-state index contributed by atoms with van der Waals surface area (Å²) in [5, 5.41) is 0. The summed E-state index contributed by atoms with van der Waals surface area (Å²) < 4.78 is 1.25. The maximum Gasteiger partial charge on any atom is 4.00 e. The molecule has 56 heavy (non-hydrogen) atoms. The van der Waals surface area contributed by atoms with Crippen LogP contribution >= 0.6 is 0 Å². The van der Waals surface area contributed by atoms with Gasteiger partial charge in [0.15, 0.2) is 0 Å². The van der Waals surface area contributed by atoms with Crippen LogP contribution in [0.15, 0.2) is 0 Å². The van der Waals surface area contributed by atoms with Crippen molar-refractivity contribution >= 4 is 68.7 Å². The second-order valence-corrected chi connectivity index (χ2v) is 13.3. The van der Waals surface area contributed by atoms with Crippen molar-refractivity contribution in [2.75, 3.05) is 27.2 Å².